The van der Waals surface area contributed by atoms with E-state index in [9.17, 15) is 0 Å². The Bertz CT molecular complexity index is 421. The number of ether oxygens (including phenoxy) is 1. The Morgan fingerprint density at radius 2 is 2.11 bits per heavy atom. The first-order valence-electron chi connectivity index (χ1n) is 6.85. The molecule has 1 N–H and O–H groups in total. The second-order valence-corrected chi connectivity index (χ2v) is 5.99. The van der Waals surface area contributed by atoms with Crippen LogP contribution >= 0.6 is 23.2 Å². The molecule has 1 fully saturated rings. The van der Waals surface area contributed by atoms with Gasteiger partial charge in [-0.1, -0.05) is 30.1 Å². The Morgan fingerprint density at radius 3 is 2.68 bits per heavy atom. The maximum Gasteiger partial charge on any atom is 0.0755 e. The van der Waals surface area contributed by atoms with Gasteiger partial charge in [-0.2, -0.15) is 0 Å². The Labute approximate surface area is 125 Å². The highest BCUT2D eigenvalue weighted by molar-refractivity contribution is 6.33. The van der Waals surface area contributed by atoms with E-state index in [4.69, 9.17) is 27.9 Å². The topological polar surface area (TPSA) is 21.3 Å². The number of likely N-dealkylation sites (N-methyl/N-ethyl adjacent to an activating group) is 1. The third kappa shape index (κ3) is 4.09. The summed E-state index contributed by atoms with van der Waals surface area (Å²) in [6.45, 7) is 3.04. The fraction of sp³-hybridized carbons (Fsp3) is 0.600. The van der Waals surface area contributed by atoms with Crippen molar-refractivity contribution in [2.45, 2.75) is 38.3 Å². The first kappa shape index (κ1) is 15.1. The van der Waals surface area contributed by atoms with Crippen molar-refractivity contribution in [1.29, 1.82) is 0 Å². The predicted octanol–water partition coefficient (Wildman–Crippen LogP) is 3.94. The lowest BCUT2D eigenvalue weighted by atomic mass is 9.98. The van der Waals surface area contributed by atoms with Gasteiger partial charge in [-0.05, 0) is 55.5 Å². The van der Waals surface area contributed by atoms with Crippen molar-refractivity contribution in [2.75, 3.05) is 13.7 Å². The van der Waals surface area contributed by atoms with Crippen LogP contribution in [0.15, 0.2) is 18.2 Å². The molecule has 106 valence electrons. The summed E-state index contributed by atoms with van der Waals surface area (Å²) in [5.41, 5.74) is 1.09. The van der Waals surface area contributed by atoms with Crippen molar-refractivity contribution in [3.63, 3.8) is 0 Å². The van der Waals surface area contributed by atoms with Crippen LogP contribution in [0.2, 0.25) is 10.0 Å². The summed E-state index contributed by atoms with van der Waals surface area (Å²) < 4.78 is 5.69. The molecule has 1 aromatic carbocycles. The third-order valence-electron chi connectivity index (χ3n) is 3.67. The van der Waals surface area contributed by atoms with E-state index in [2.05, 4.69) is 12.2 Å². The molecule has 0 spiro atoms. The molecule has 2 rings (SSSR count). The van der Waals surface area contributed by atoms with Crippen LogP contribution in [-0.2, 0) is 11.2 Å². The van der Waals surface area contributed by atoms with Gasteiger partial charge in [-0.25, -0.2) is 0 Å². The fourth-order valence-electron chi connectivity index (χ4n) is 2.61. The molecule has 1 aliphatic carbocycles. The van der Waals surface area contributed by atoms with E-state index < -0.39 is 0 Å². The van der Waals surface area contributed by atoms with Gasteiger partial charge in [0.05, 0.1) is 6.10 Å². The van der Waals surface area contributed by atoms with Crippen LogP contribution in [-0.4, -0.2) is 25.8 Å². The maximum absolute atomic E-state index is 6.26. The molecule has 2 unspecified atom stereocenters. The van der Waals surface area contributed by atoms with Gasteiger partial charge in [0.2, 0.25) is 0 Å². The molecule has 0 aromatic heterocycles. The van der Waals surface area contributed by atoms with Gasteiger partial charge in [-0.15, -0.1) is 0 Å². The molecule has 4 heteroatoms. The minimum absolute atomic E-state index is 0.259. The van der Waals surface area contributed by atoms with Gasteiger partial charge >= 0.3 is 0 Å². The smallest absolute Gasteiger partial charge is 0.0755 e. The van der Waals surface area contributed by atoms with Crippen molar-refractivity contribution >= 4 is 23.2 Å². The van der Waals surface area contributed by atoms with Crippen LogP contribution in [0.4, 0.5) is 0 Å². The highest BCUT2D eigenvalue weighted by Crippen LogP contribution is 2.36. The Kier molecular flexibility index (Phi) is 5.52. The van der Waals surface area contributed by atoms with E-state index in [0.29, 0.717) is 12.0 Å². The number of nitrogens with one attached hydrogen (secondary N) is 1. The largest absolute Gasteiger partial charge is 0.380 e. The first-order chi connectivity index (χ1) is 9.15. The Morgan fingerprint density at radius 1 is 1.37 bits per heavy atom. The predicted molar refractivity (Wildman–Crippen MR) is 81.2 cm³/mol. The quantitative estimate of drug-likeness (QED) is 0.824. The van der Waals surface area contributed by atoms with E-state index >= 15 is 0 Å². The van der Waals surface area contributed by atoms with E-state index in [0.717, 1.165) is 28.6 Å². The van der Waals surface area contributed by atoms with Crippen molar-refractivity contribution in [3.8, 4) is 0 Å². The number of halogens is 2. The number of hydrogen-bond donors (Lipinski definition) is 1. The number of benzene rings is 1. The van der Waals surface area contributed by atoms with Gasteiger partial charge in [0.25, 0.3) is 0 Å². The third-order valence-corrected chi connectivity index (χ3v) is 4.27. The Balaban J connectivity index is 2.12. The number of hydrogen-bond acceptors (Lipinski definition) is 2. The van der Waals surface area contributed by atoms with Crippen molar-refractivity contribution in [1.82, 2.24) is 5.32 Å². The van der Waals surface area contributed by atoms with E-state index in [-0.39, 0.29) is 6.10 Å². The van der Waals surface area contributed by atoms with Gasteiger partial charge in [0, 0.05) is 23.2 Å². The zero-order chi connectivity index (χ0) is 13.8. The van der Waals surface area contributed by atoms with E-state index in [1.165, 1.54) is 12.8 Å². The summed E-state index contributed by atoms with van der Waals surface area (Å²) >= 11 is 12.3. The highest BCUT2D eigenvalue weighted by atomic mass is 35.5. The molecule has 0 bridgehead atoms. The summed E-state index contributed by atoms with van der Waals surface area (Å²) in [6.07, 6.45) is 3.64. The van der Waals surface area contributed by atoms with Crippen molar-refractivity contribution in [3.05, 3.63) is 33.8 Å². The minimum Gasteiger partial charge on any atom is -0.380 e. The van der Waals surface area contributed by atoms with Crippen LogP contribution in [0.25, 0.3) is 0 Å². The lowest BCUT2D eigenvalue weighted by Gasteiger charge is -2.27. The monoisotopic (exact) mass is 301 g/mol. The number of methoxy groups -OCH3 is 1. The van der Waals surface area contributed by atoms with Crippen LogP contribution in [0, 0.1) is 5.92 Å². The summed E-state index contributed by atoms with van der Waals surface area (Å²) in [6, 6.07) is 5.93. The second kappa shape index (κ2) is 6.94. The molecule has 1 saturated carbocycles. The lowest BCUT2D eigenvalue weighted by Crippen LogP contribution is -2.43. The molecule has 2 atom stereocenters. The van der Waals surface area contributed by atoms with E-state index in [1.54, 1.807) is 7.11 Å². The van der Waals surface area contributed by atoms with Crippen LogP contribution in [0.5, 0.6) is 0 Å². The van der Waals surface area contributed by atoms with Crippen LogP contribution in [0.3, 0.4) is 0 Å². The second-order valence-electron chi connectivity index (χ2n) is 5.14. The molecule has 0 radical (unpaired) electrons. The SMILES string of the molecule is CCNC(Cc1cc(Cl)ccc1Cl)C(OC)C1CC1. The molecule has 0 amide bonds. The van der Waals surface area contributed by atoms with Crippen LogP contribution < -0.4 is 5.32 Å². The molecule has 2 nitrogen and oxygen atoms in total. The van der Waals surface area contributed by atoms with Gasteiger partial charge in [0.15, 0.2) is 0 Å². The molecule has 0 saturated heterocycles. The molecule has 1 aliphatic rings. The average Bonchev–Trinajstić information content (AvgIpc) is 3.19. The molecule has 0 heterocycles. The first-order valence-corrected chi connectivity index (χ1v) is 7.61. The molecule has 1 aromatic rings. The zero-order valence-electron chi connectivity index (χ0n) is 11.5. The molecule has 19 heavy (non-hydrogen) atoms. The molecular formula is C15H21Cl2NO. The van der Waals surface area contributed by atoms with Gasteiger partial charge in [0.1, 0.15) is 0 Å². The lowest BCUT2D eigenvalue weighted by molar-refractivity contribution is 0.0516. The normalized spacial score (nSPS) is 18.3. The summed E-state index contributed by atoms with van der Waals surface area (Å²) in [7, 11) is 1.80. The summed E-state index contributed by atoms with van der Waals surface area (Å²) in [4.78, 5) is 0. The summed E-state index contributed by atoms with van der Waals surface area (Å²) in [5.74, 6) is 0.687. The van der Waals surface area contributed by atoms with Gasteiger partial charge in [-0.3, -0.25) is 0 Å². The summed E-state index contributed by atoms with van der Waals surface area (Å²) in [5, 5.41) is 5.03. The Hall–Kier alpha value is -0.280. The average molecular weight is 302 g/mol. The van der Waals surface area contributed by atoms with E-state index in [1.807, 2.05) is 18.2 Å². The maximum atomic E-state index is 6.26. The fourth-order valence-corrected chi connectivity index (χ4v) is 3.00. The highest BCUT2D eigenvalue weighted by Gasteiger charge is 2.36. The van der Waals surface area contributed by atoms with Crippen LogP contribution in [0.1, 0.15) is 25.3 Å². The van der Waals surface area contributed by atoms with Crippen molar-refractivity contribution in [2.24, 2.45) is 5.92 Å². The molecule has 0 aliphatic heterocycles. The number of rotatable bonds is 7. The molecular weight excluding hydrogens is 281 g/mol. The zero-order valence-corrected chi connectivity index (χ0v) is 13.0. The minimum atomic E-state index is 0.259. The van der Waals surface area contributed by atoms with Gasteiger partial charge < -0.3 is 10.1 Å². The van der Waals surface area contributed by atoms with Crippen molar-refractivity contribution < 1.29 is 4.74 Å². The standard InChI is InChI=1S/C15H21Cl2NO/c1-3-18-14(15(19-2)10-4-5-10)9-11-8-12(16)6-7-13(11)17/h6-8,10,14-15,18H,3-5,9H2,1-2H3.